The molecule has 0 unspecified atom stereocenters. The molecule has 1 saturated heterocycles. The van der Waals surface area contributed by atoms with Crippen LogP contribution in [0.3, 0.4) is 0 Å². The number of nitrogens with zero attached hydrogens (tertiary/aromatic N) is 1. The Bertz CT molecular complexity index is 710. The summed E-state index contributed by atoms with van der Waals surface area (Å²) in [6.07, 6.45) is -2.60. The molecule has 1 fully saturated rings. The number of thiol groups is 1. The van der Waals surface area contributed by atoms with Gasteiger partial charge in [-0.05, 0) is 6.07 Å². The average Bonchev–Trinajstić information content (AvgIpc) is 2.79. The van der Waals surface area contributed by atoms with E-state index in [0.29, 0.717) is 5.56 Å². The minimum absolute atomic E-state index is 0.0143. The van der Waals surface area contributed by atoms with Gasteiger partial charge in [-0.25, -0.2) is 4.57 Å². The van der Waals surface area contributed by atoms with Crippen LogP contribution in [0.2, 0.25) is 0 Å². The summed E-state index contributed by atoms with van der Waals surface area (Å²) >= 11 is 8.59. The fourth-order valence-electron chi connectivity index (χ4n) is 2.28. The van der Waals surface area contributed by atoms with Crippen LogP contribution in [0.5, 0.6) is 0 Å². The normalized spacial score (nSPS) is 26.6. The molecule has 2 rings (SSSR count). The number of aromatic nitrogens is 1. The van der Waals surface area contributed by atoms with Crippen molar-refractivity contribution in [2.75, 3.05) is 6.61 Å². The van der Waals surface area contributed by atoms with E-state index in [2.05, 4.69) is 17.2 Å². The molecule has 1 aliphatic rings. The summed E-state index contributed by atoms with van der Waals surface area (Å²) in [5, 5.41) is 19.6. The summed E-state index contributed by atoms with van der Waals surface area (Å²) < 4.78 is 21.7. The summed E-state index contributed by atoms with van der Waals surface area (Å²) in [7, 11) is -4.77. The second-order valence-electron chi connectivity index (χ2n) is 5.26. The summed E-state index contributed by atoms with van der Waals surface area (Å²) in [6.45, 7) is -0.646. The smallest absolute Gasteiger partial charge is 0.389 e. The van der Waals surface area contributed by atoms with E-state index in [1.165, 1.54) is 23.0 Å². The van der Waals surface area contributed by atoms with Crippen molar-refractivity contribution in [2.24, 2.45) is 5.73 Å². The number of thiocarbonyl (C=S) groups is 1. The first-order valence-corrected chi connectivity index (χ1v) is 9.19. The first kappa shape index (κ1) is 20.4. The van der Waals surface area contributed by atoms with Crippen molar-refractivity contribution in [3.05, 3.63) is 29.6 Å². The van der Waals surface area contributed by atoms with Crippen molar-refractivity contribution in [3.8, 4) is 0 Å². The van der Waals surface area contributed by atoms with Crippen LogP contribution in [0, 0.1) is 0 Å². The number of ether oxygens (including phenoxy) is 1. The topological polar surface area (TPSA) is 163 Å². The van der Waals surface area contributed by atoms with Gasteiger partial charge in [0.15, 0.2) is 18.5 Å². The minimum atomic E-state index is -4.77. The van der Waals surface area contributed by atoms with E-state index in [1.807, 2.05) is 0 Å². The predicted octanol–water partition coefficient (Wildman–Crippen LogP) is -1.59. The Hall–Kier alpha value is -0.950. The molecule has 0 bridgehead atoms. The van der Waals surface area contributed by atoms with Gasteiger partial charge in [-0.1, -0.05) is 12.2 Å². The van der Waals surface area contributed by atoms with Crippen molar-refractivity contribution in [1.82, 2.24) is 0 Å². The highest BCUT2D eigenvalue weighted by atomic mass is 32.1. The highest BCUT2D eigenvalue weighted by Crippen LogP contribution is 2.37. The van der Waals surface area contributed by atoms with Gasteiger partial charge in [0.05, 0.1) is 17.7 Å². The van der Waals surface area contributed by atoms with Crippen LogP contribution >= 0.6 is 32.7 Å². The van der Waals surface area contributed by atoms with E-state index in [4.69, 9.17) is 32.5 Å². The molecule has 25 heavy (non-hydrogen) atoms. The highest BCUT2D eigenvalue weighted by Gasteiger charge is 2.49. The second kappa shape index (κ2) is 7.74. The maximum Gasteiger partial charge on any atom is 0.469 e. The Labute approximate surface area is 152 Å². The van der Waals surface area contributed by atoms with E-state index in [9.17, 15) is 19.6 Å². The van der Waals surface area contributed by atoms with Gasteiger partial charge >= 0.3 is 7.82 Å². The van der Waals surface area contributed by atoms with Gasteiger partial charge in [0.1, 0.15) is 17.2 Å². The lowest BCUT2D eigenvalue weighted by Gasteiger charge is -2.13. The number of hydrogen-bond donors (Lipinski definition) is 6. The zero-order valence-corrected chi connectivity index (χ0v) is 15.1. The third kappa shape index (κ3) is 5.03. The number of aliphatic hydroxyl groups is 2. The first-order valence-electron chi connectivity index (χ1n) is 6.80. The zero-order chi connectivity index (χ0) is 18.9. The number of carbonyl (C=O) groups excluding carboxylic acids is 1. The van der Waals surface area contributed by atoms with E-state index in [-0.39, 0.29) is 10.6 Å². The molecule has 0 spiro atoms. The summed E-state index contributed by atoms with van der Waals surface area (Å²) in [5.74, 6) is 0. The predicted molar refractivity (Wildman–Crippen MR) is 89.8 cm³/mol. The highest BCUT2D eigenvalue weighted by molar-refractivity contribution is 7.97. The molecular formula is C12H16N2O8PS2+. The lowest BCUT2D eigenvalue weighted by Crippen LogP contribution is -2.47. The number of phosphoric ester groups is 1. The molecule has 0 aromatic carbocycles. The van der Waals surface area contributed by atoms with Crippen LogP contribution in [0.4, 0.5) is 0 Å². The summed E-state index contributed by atoms with van der Waals surface area (Å²) in [6, 6.07) is 1.40. The Morgan fingerprint density at radius 1 is 1.36 bits per heavy atom. The molecule has 2 heterocycles. The van der Waals surface area contributed by atoms with Gasteiger partial charge in [-0.15, -0.1) is 12.6 Å². The van der Waals surface area contributed by atoms with Crippen molar-refractivity contribution in [1.29, 1.82) is 0 Å². The lowest BCUT2D eigenvalue weighted by atomic mass is 10.1. The van der Waals surface area contributed by atoms with Crippen molar-refractivity contribution >= 4 is 42.8 Å². The largest absolute Gasteiger partial charge is 0.469 e. The summed E-state index contributed by atoms with van der Waals surface area (Å²) in [5.41, 5.74) is 5.98. The quantitative estimate of drug-likeness (QED) is 0.139. The molecular weight excluding hydrogens is 395 g/mol. The lowest BCUT2D eigenvalue weighted by molar-refractivity contribution is -0.765. The number of carbonyl (C=O) groups is 1. The van der Waals surface area contributed by atoms with Crippen LogP contribution < -0.4 is 10.3 Å². The Morgan fingerprint density at radius 2 is 1.96 bits per heavy atom. The number of pyridine rings is 1. The first-order chi connectivity index (χ1) is 11.5. The maximum atomic E-state index is 11.5. The molecule has 10 nitrogen and oxygen atoms in total. The van der Waals surface area contributed by atoms with Gasteiger partial charge in [-0.2, -0.15) is 4.57 Å². The van der Waals surface area contributed by atoms with Crippen LogP contribution in [-0.2, 0) is 13.8 Å². The third-order valence-electron chi connectivity index (χ3n) is 3.46. The molecule has 138 valence electrons. The molecule has 1 aromatic heterocycles. The molecule has 0 aliphatic carbocycles. The van der Waals surface area contributed by atoms with E-state index >= 15 is 0 Å². The average molecular weight is 411 g/mol. The minimum Gasteiger partial charge on any atom is -0.389 e. The summed E-state index contributed by atoms with van der Waals surface area (Å²) in [4.78, 5) is 28.9. The van der Waals surface area contributed by atoms with Crippen LogP contribution in [0.15, 0.2) is 18.5 Å². The van der Waals surface area contributed by atoms with E-state index < -0.39 is 44.1 Å². The molecule has 0 saturated carbocycles. The van der Waals surface area contributed by atoms with Crippen LogP contribution in [0.25, 0.3) is 0 Å². The Kier molecular flexibility index (Phi) is 6.30. The molecule has 4 atom stereocenters. The maximum absolute atomic E-state index is 11.5. The zero-order valence-electron chi connectivity index (χ0n) is 12.5. The van der Waals surface area contributed by atoms with Crippen molar-refractivity contribution in [3.63, 3.8) is 0 Å². The second-order valence-corrected chi connectivity index (χ2v) is 7.35. The number of hydrogen-bond acceptors (Lipinski definition) is 7. The van der Waals surface area contributed by atoms with E-state index in [0.717, 1.165) is 0 Å². The molecule has 0 amide bonds. The molecule has 6 N–H and O–H groups in total. The Morgan fingerprint density at radius 3 is 2.48 bits per heavy atom. The third-order valence-corrected chi connectivity index (χ3v) is 4.44. The monoisotopic (exact) mass is 411 g/mol. The standard InChI is InChI=1S/C12H15N2O8PS2/c13-10(24)5-1-6(12(17)25)3-14(2-5)11-9(16)8(15)7(22-11)4-21-23(18,19)20/h1-3,7-9,11,15-16H,4H2,(H4-,13,17,18,19,20,24,25)/p+1/t7-,8-,9-,11-/m1/s1. The molecule has 1 aliphatic heterocycles. The number of aliphatic hydroxyl groups excluding tert-OH is 2. The van der Waals surface area contributed by atoms with Gasteiger partial charge in [-0.3, -0.25) is 9.32 Å². The van der Waals surface area contributed by atoms with Gasteiger partial charge < -0.3 is 30.5 Å². The molecule has 0 radical (unpaired) electrons. The number of rotatable bonds is 6. The molecule has 13 heteroatoms. The van der Waals surface area contributed by atoms with Crippen LogP contribution in [0.1, 0.15) is 22.1 Å². The SMILES string of the molecule is NC(=S)c1cc(C(=O)S)c[n+]([C@@H]2O[C@H](COP(=O)(O)O)[C@@H](O)[C@H]2O)c1. The molecule has 1 aromatic rings. The van der Waals surface area contributed by atoms with Crippen molar-refractivity contribution < 1.29 is 43.2 Å². The fourth-order valence-corrected chi connectivity index (χ4v) is 2.86. The Balaban J connectivity index is 2.30. The number of phosphoric acid groups is 1. The van der Waals surface area contributed by atoms with E-state index in [1.54, 1.807) is 0 Å². The van der Waals surface area contributed by atoms with Gasteiger partial charge in [0.25, 0.3) is 6.23 Å². The number of nitrogens with two attached hydrogens (primary N) is 1. The van der Waals surface area contributed by atoms with Gasteiger partial charge in [0, 0.05) is 0 Å². The fraction of sp³-hybridized carbons (Fsp3) is 0.417. The van der Waals surface area contributed by atoms with Crippen molar-refractivity contribution in [2.45, 2.75) is 24.5 Å². The van der Waals surface area contributed by atoms with Crippen LogP contribution in [-0.4, -0.2) is 55.0 Å². The van der Waals surface area contributed by atoms with Gasteiger partial charge in [0.2, 0.25) is 5.12 Å².